The van der Waals surface area contributed by atoms with Gasteiger partial charge in [-0.2, -0.15) is 0 Å². The van der Waals surface area contributed by atoms with E-state index < -0.39 is 17.6 Å². The summed E-state index contributed by atoms with van der Waals surface area (Å²) in [5, 5.41) is 17.0. The molecule has 0 spiro atoms. The predicted octanol–water partition coefficient (Wildman–Crippen LogP) is 5.82. The summed E-state index contributed by atoms with van der Waals surface area (Å²) in [7, 11) is 0. The van der Waals surface area contributed by atoms with Gasteiger partial charge < -0.3 is 21.5 Å². The molecule has 1 aliphatic carbocycles. The number of carbonyl (C=O) groups is 2. The summed E-state index contributed by atoms with van der Waals surface area (Å²) in [4.78, 5) is 29.5. The molecule has 1 amide bonds. The van der Waals surface area contributed by atoms with Crippen LogP contribution < -0.4 is 16.4 Å². The van der Waals surface area contributed by atoms with Crippen molar-refractivity contribution in [1.82, 2.24) is 10.3 Å². The number of ketones is 1. The summed E-state index contributed by atoms with van der Waals surface area (Å²) < 4.78 is 14.2. The van der Waals surface area contributed by atoms with Gasteiger partial charge in [0.2, 0.25) is 5.91 Å². The van der Waals surface area contributed by atoms with E-state index in [0.717, 1.165) is 31.1 Å². The molecule has 1 atom stereocenters. The van der Waals surface area contributed by atoms with Crippen LogP contribution in [0.2, 0.25) is 5.02 Å². The van der Waals surface area contributed by atoms with E-state index in [1.165, 1.54) is 19.1 Å². The van der Waals surface area contributed by atoms with Crippen LogP contribution in [0.4, 0.5) is 10.1 Å². The molecule has 0 bridgehead atoms. The molecule has 0 saturated heterocycles. The molecule has 38 heavy (non-hydrogen) atoms. The van der Waals surface area contributed by atoms with Crippen LogP contribution in [0.3, 0.4) is 0 Å². The van der Waals surface area contributed by atoms with Crippen LogP contribution in [0.15, 0.2) is 36.5 Å². The quantitative estimate of drug-likeness (QED) is 0.293. The zero-order valence-electron chi connectivity index (χ0n) is 22.1. The number of aromatic hydroxyl groups is 1. The van der Waals surface area contributed by atoms with Crippen molar-refractivity contribution in [3.8, 4) is 16.9 Å². The Kier molecular flexibility index (Phi) is 7.95. The van der Waals surface area contributed by atoms with Gasteiger partial charge in [-0.25, -0.2) is 4.39 Å². The third-order valence-electron chi connectivity index (χ3n) is 7.23. The minimum atomic E-state index is -0.811. The number of hydrogen-bond donors (Lipinski definition) is 4. The number of aromatic nitrogens is 1. The van der Waals surface area contributed by atoms with Crippen molar-refractivity contribution < 1.29 is 19.1 Å². The minimum Gasteiger partial charge on any atom is -0.504 e. The smallest absolute Gasteiger partial charge is 0.237 e. The number of nitrogens with zero attached hydrogens (tertiary/aromatic N) is 1. The number of nitrogens with one attached hydrogen (secondary N) is 2. The fourth-order valence-electron chi connectivity index (χ4n) is 4.80. The first kappa shape index (κ1) is 27.8. The lowest BCUT2D eigenvalue weighted by Gasteiger charge is -2.33. The average Bonchev–Trinajstić information content (AvgIpc) is 2.86. The predicted molar refractivity (Wildman–Crippen MR) is 149 cm³/mol. The van der Waals surface area contributed by atoms with Crippen molar-refractivity contribution >= 4 is 39.9 Å². The zero-order chi connectivity index (χ0) is 27.8. The van der Waals surface area contributed by atoms with Crippen molar-refractivity contribution in [2.75, 3.05) is 5.32 Å². The molecule has 5 N–H and O–H groups in total. The van der Waals surface area contributed by atoms with Crippen molar-refractivity contribution in [1.29, 1.82) is 0 Å². The van der Waals surface area contributed by atoms with Gasteiger partial charge in [0.15, 0.2) is 17.3 Å². The maximum absolute atomic E-state index is 14.2. The number of benzene rings is 2. The number of anilines is 1. The first-order chi connectivity index (χ1) is 17.8. The lowest BCUT2D eigenvalue weighted by molar-refractivity contribution is -0.125. The van der Waals surface area contributed by atoms with Crippen LogP contribution in [0.25, 0.3) is 22.0 Å². The summed E-state index contributed by atoms with van der Waals surface area (Å²) >= 11 is 6.00. The molecule has 0 radical (unpaired) electrons. The number of Topliss-reactive ketones (excluding diaryl/α,β-unsaturated/α-hetero) is 1. The number of rotatable bonds is 6. The third kappa shape index (κ3) is 5.92. The van der Waals surface area contributed by atoms with Gasteiger partial charge in [-0.05, 0) is 73.4 Å². The average molecular weight is 541 g/mol. The highest BCUT2D eigenvalue weighted by Gasteiger charge is 2.30. The second-order valence-electron chi connectivity index (χ2n) is 11.2. The molecule has 1 saturated carbocycles. The molecule has 0 aliphatic heterocycles. The molecular formula is C29H34ClFN4O3. The van der Waals surface area contributed by atoms with E-state index in [0.29, 0.717) is 27.9 Å². The Morgan fingerprint density at radius 1 is 1.11 bits per heavy atom. The van der Waals surface area contributed by atoms with Crippen molar-refractivity contribution in [3.05, 3.63) is 52.9 Å². The van der Waals surface area contributed by atoms with Crippen LogP contribution in [-0.4, -0.2) is 39.9 Å². The summed E-state index contributed by atoms with van der Waals surface area (Å²) in [6.45, 7) is 7.34. The Morgan fingerprint density at radius 3 is 2.37 bits per heavy atom. The first-order valence-electron chi connectivity index (χ1n) is 12.8. The molecule has 202 valence electrons. The van der Waals surface area contributed by atoms with Crippen LogP contribution in [-0.2, 0) is 4.79 Å². The Bertz CT molecular complexity index is 1360. The Labute approximate surface area is 227 Å². The van der Waals surface area contributed by atoms with Gasteiger partial charge in [-0.15, -0.1) is 0 Å². The molecule has 3 aromatic rings. The van der Waals surface area contributed by atoms with Crippen molar-refractivity contribution in [2.45, 2.75) is 71.5 Å². The highest BCUT2D eigenvalue weighted by atomic mass is 35.5. The minimum absolute atomic E-state index is 0.0520. The summed E-state index contributed by atoms with van der Waals surface area (Å²) in [6, 6.07) is 7.73. The van der Waals surface area contributed by atoms with E-state index in [9.17, 15) is 19.1 Å². The summed E-state index contributed by atoms with van der Waals surface area (Å²) in [5.41, 5.74) is 8.80. The molecular weight excluding hydrogens is 507 g/mol. The molecule has 1 aliphatic rings. The molecule has 7 nitrogen and oxygen atoms in total. The van der Waals surface area contributed by atoms with Gasteiger partial charge >= 0.3 is 0 Å². The van der Waals surface area contributed by atoms with Crippen LogP contribution in [0.5, 0.6) is 5.75 Å². The van der Waals surface area contributed by atoms with Gasteiger partial charge in [0, 0.05) is 23.7 Å². The van der Waals surface area contributed by atoms with E-state index in [4.69, 9.17) is 17.3 Å². The molecule has 1 aromatic heterocycles. The molecule has 9 heteroatoms. The van der Waals surface area contributed by atoms with Crippen LogP contribution >= 0.6 is 11.6 Å². The maximum atomic E-state index is 14.2. The number of halogens is 2. The Balaban J connectivity index is 1.58. The summed E-state index contributed by atoms with van der Waals surface area (Å²) in [6.07, 6.45) is 4.75. The SMILES string of the molecule is CC(=O)c1cnc2ccc(-c3cc(F)c(O)c(Cl)c3)cc2c1N[C@H]1CC[C@H](NC(=O)[C@@H](N)C(C)(C)C)CC1. The first-order valence-corrected chi connectivity index (χ1v) is 13.2. The number of pyridine rings is 1. The maximum Gasteiger partial charge on any atom is 0.237 e. The number of nitrogens with two attached hydrogens (primary N) is 1. The van der Waals surface area contributed by atoms with Crippen LogP contribution in [0.1, 0.15) is 63.7 Å². The normalized spacial score (nSPS) is 18.7. The van der Waals surface area contributed by atoms with Gasteiger partial charge in [0.25, 0.3) is 0 Å². The molecule has 4 rings (SSSR count). The van der Waals surface area contributed by atoms with Gasteiger partial charge in [-0.3, -0.25) is 14.6 Å². The van der Waals surface area contributed by atoms with E-state index in [1.54, 1.807) is 12.3 Å². The fourth-order valence-corrected chi connectivity index (χ4v) is 5.01. The van der Waals surface area contributed by atoms with E-state index >= 15 is 0 Å². The number of hydrogen-bond acceptors (Lipinski definition) is 6. The standard InChI is InChI=1S/C29H34ClFN4O3/c1-15(36)21-14-33-24-10-5-16(17-12-22(30)26(37)23(31)13-17)11-20(24)25(21)34-18-6-8-19(9-7-18)35-28(38)27(32)29(2,3)4/h5,10-14,18-19,27,37H,6-9,32H2,1-4H3,(H,33,34)(H,35,38)/t18-,19-,27-/m1/s1. The lowest BCUT2D eigenvalue weighted by atomic mass is 9.85. The van der Waals surface area contributed by atoms with E-state index in [1.807, 2.05) is 32.9 Å². The lowest BCUT2D eigenvalue weighted by Crippen LogP contribution is -2.52. The Hall–Kier alpha value is -3.23. The van der Waals surface area contributed by atoms with Crippen LogP contribution in [0, 0.1) is 11.2 Å². The van der Waals surface area contributed by atoms with Gasteiger partial charge in [0.05, 0.1) is 27.8 Å². The topological polar surface area (TPSA) is 117 Å². The van der Waals surface area contributed by atoms with E-state index in [2.05, 4.69) is 15.6 Å². The molecule has 0 unspecified atom stereocenters. The van der Waals surface area contributed by atoms with E-state index in [-0.39, 0.29) is 34.2 Å². The second-order valence-corrected chi connectivity index (χ2v) is 11.6. The zero-order valence-corrected chi connectivity index (χ0v) is 22.8. The van der Waals surface area contributed by atoms with Gasteiger partial charge in [-0.1, -0.05) is 38.4 Å². The number of carbonyl (C=O) groups excluding carboxylic acids is 2. The number of fused-ring (bicyclic) bond motifs is 1. The molecule has 2 aromatic carbocycles. The monoisotopic (exact) mass is 540 g/mol. The largest absolute Gasteiger partial charge is 0.504 e. The summed E-state index contributed by atoms with van der Waals surface area (Å²) in [5.74, 6) is -1.66. The second kappa shape index (κ2) is 10.9. The third-order valence-corrected chi connectivity index (χ3v) is 7.52. The number of phenolic OH excluding ortho intramolecular Hbond substituents is 1. The van der Waals surface area contributed by atoms with Crippen molar-refractivity contribution in [3.63, 3.8) is 0 Å². The number of amides is 1. The highest BCUT2D eigenvalue weighted by Crippen LogP contribution is 2.36. The van der Waals surface area contributed by atoms with Gasteiger partial charge in [0.1, 0.15) is 0 Å². The van der Waals surface area contributed by atoms with Crippen molar-refractivity contribution in [2.24, 2.45) is 11.1 Å². The number of phenols is 1. The Morgan fingerprint density at radius 2 is 1.76 bits per heavy atom. The molecule has 1 heterocycles. The fraction of sp³-hybridized carbons (Fsp3) is 0.414. The highest BCUT2D eigenvalue weighted by molar-refractivity contribution is 6.32. The molecule has 1 fully saturated rings.